The second-order valence-electron chi connectivity index (χ2n) is 2.55. The number of aryl methyl sites for hydroxylation is 1. The number of hydrogen-bond donors (Lipinski definition) is 0. The predicted octanol–water partition coefficient (Wildman–Crippen LogP) is 1.73. The molecule has 0 aliphatic carbocycles. The van der Waals surface area contributed by atoms with Gasteiger partial charge in [-0.25, -0.2) is 14.6 Å². The van der Waals surface area contributed by atoms with Gasteiger partial charge < -0.3 is 0 Å². The average molecular weight is 239 g/mol. The van der Waals surface area contributed by atoms with E-state index in [0.29, 0.717) is 0 Å². The highest BCUT2D eigenvalue weighted by molar-refractivity contribution is 9.10. The Hall–Kier alpha value is -1.23. The third kappa shape index (κ3) is 1.75. The molecule has 5 heteroatoms. The lowest BCUT2D eigenvalue weighted by atomic mass is 10.5. The lowest BCUT2D eigenvalue weighted by Gasteiger charge is -1.98. The van der Waals surface area contributed by atoms with Crippen LogP contribution in [0.1, 0.15) is 5.82 Å². The summed E-state index contributed by atoms with van der Waals surface area (Å²) in [6.07, 6.45) is 1.64. The van der Waals surface area contributed by atoms with Crippen molar-refractivity contribution in [3.8, 4) is 5.82 Å². The van der Waals surface area contributed by atoms with Crippen molar-refractivity contribution < 1.29 is 0 Å². The monoisotopic (exact) mass is 238 g/mol. The maximum atomic E-state index is 4.23. The van der Waals surface area contributed by atoms with Crippen molar-refractivity contribution in [3.63, 3.8) is 0 Å². The maximum Gasteiger partial charge on any atom is 0.156 e. The number of hydrogen-bond acceptors (Lipinski definition) is 3. The van der Waals surface area contributed by atoms with E-state index in [0.717, 1.165) is 16.2 Å². The summed E-state index contributed by atoms with van der Waals surface area (Å²) in [4.78, 5) is 8.25. The second-order valence-corrected chi connectivity index (χ2v) is 3.37. The fourth-order valence-corrected chi connectivity index (χ4v) is 1.32. The van der Waals surface area contributed by atoms with Crippen LogP contribution in [0.2, 0.25) is 0 Å². The van der Waals surface area contributed by atoms with Crippen molar-refractivity contribution in [1.82, 2.24) is 19.7 Å². The van der Waals surface area contributed by atoms with Crippen molar-refractivity contribution in [1.29, 1.82) is 0 Å². The van der Waals surface area contributed by atoms with Crippen LogP contribution in [0.15, 0.2) is 29.1 Å². The van der Waals surface area contributed by atoms with E-state index in [1.54, 1.807) is 11.0 Å². The Morgan fingerprint density at radius 1 is 1.38 bits per heavy atom. The van der Waals surface area contributed by atoms with Gasteiger partial charge in [-0.3, -0.25) is 0 Å². The van der Waals surface area contributed by atoms with Crippen LogP contribution in [0.5, 0.6) is 0 Å². The largest absolute Gasteiger partial charge is 0.222 e. The summed E-state index contributed by atoms with van der Waals surface area (Å²) in [6, 6.07) is 5.65. The van der Waals surface area contributed by atoms with E-state index in [1.165, 1.54) is 0 Å². The van der Waals surface area contributed by atoms with Gasteiger partial charge in [-0.2, -0.15) is 5.10 Å². The van der Waals surface area contributed by atoms with E-state index in [-0.39, 0.29) is 0 Å². The number of rotatable bonds is 1. The highest BCUT2D eigenvalue weighted by Gasteiger charge is 1.99. The molecule has 0 aromatic carbocycles. The number of nitrogens with zero attached hydrogens (tertiary/aromatic N) is 4. The first-order valence-electron chi connectivity index (χ1n) is 3.77. The molecule has 2 rings (SSSR count). The molecular weight excluding hydrogens is 232 g/mol. The molecule has 0 amide bonds. The van der Waals surface area contributed by atoms with E-state index >= 15 is 0 Å². The number of pyridine rings is 1. The van der Waals surface area contributed by atoms with Gasteiger partial charge in [0.25, 0.3) is 0 Å². The maximum absolute atomic E-state index is 4.23. The van der Waals surface area contributed by atoms with Crippen molar-refractivity contribution in [2.75, 3.05) is 0 Å². The van der Waals surface area contributed by atoms with Gasteiger partial charge in [0.1, 0.15) is 16.8 Å². The quantitative estimate of drug-likeness (QED) is 0.712. The Morgan fingerprint density at radius 2 is 2.23 bits per heavy atom. The lowest BCUT2D eigenvalue weighted by molar-refractivity contribution is 0.829. The Kier molecular flexibility index (Phi) is 2.10. The molecule has 0 fully saturated rings. The van der Waals surface area contributed by atoms with Gasteiger partial charge in [0.05, 0.1) is 0 Å². The molecule has 0 atom stereocenters. The van der Waals surface area contributed by atoms with Gasteiger partial charge in [-0.05, 0) is 35.0 Å². The van der Waals surface area contributed by atoms with Crippen LogP contribution in [-0.2, 0) is 0 Å². The third-order valence-corrected chi connectivity index (χ3v) is 1.98. The highest BCUT2D eigenvalue weighted by atomic mass is 79.9. The minimum absolute atomic E-state index is 0.738. The SMILES string of the molecule is Cc1ncn(-c2cccc(Br)n2)n1. The zero-order valence-corrected chi connectivity index (χ0v) is 8.56. The molecule has 13 heavy (non-hydrogen) atoms. The van der Waals surface area contributed by atoms with Crippen molar-refractivity contribution in [2.24, 2.45) is 0 Å². The Labute approximate surface area is 83.8 Å². The Balaban J connectivity index is 2.46. The molecular formula is C8H7BrN4. The van der Waals surface area contributed by atoms with Crippen LogP contribution < -0.4 is 0 Å². The normalized spacial score (nSPS) is 10.3. The summed E-state index contributed by atoms with van der Waals surface area (Å²) >= 11 is 3.29. The van der Waals surface area contributed by atoms with Crippen LogP contribution in [0.25, 0.3) is 5.82 Å². The molecule has 0 spiro atoms. The molecule has 0 aliphatic rings. The summed E-state index contributed by atoms with van der Waals surface area (Å²) in [5.41, 5.74) is 0. The molecule has 4 nitrogen and oxygen atoms in total. The number of aromatic nitrogens is 4. The lowest BCUT2D eigenvalue weighted by Crippen LogP contribution is -1.97. The molecule has 2 heterocycles. The van der Waals surface area contributed by atoms with Crippen LogP contribution in [0.4, 0.5) is 0 Å². The van der Waals surface area contributed by atoms with Crippen LogP contribution >= 0.6 is 15.9 Å². The molecule has 0 unspecified atom stereocenters. The molecule has 0 bridgehead atoms. The fraction of sp³-hybridized carbons (Fsp3) is 0.125. The van der Waals surface area contributed by atoms with Gasteiger partial charge in [0, 0.05) is 0 Å². The summed E-state index contributed by atoms with van der Waals surface area (Å²) in [5.74, 6) is 1.50. The van der Waals surface area contributed by atoms with Gasteiger partial charge in [-0.15, -0.1) is 0 Å². The van der Waals surface area contributed by atoms with Crippen LogP contribution in [0, 0.1) is 6.92 Å². The molecule has 0 saturated heterocycles. The van der Waals surface area contributed by atoms with Gasteiger partial charge in [0.2, 0.25) is 0 Å². The molecule has 2 aromatic rings. The standard InChI is InChI=1S/C8H7BrN4/c1-6-10-5-13(12-6)8-4-2-3-7(9)11-8/h2-5H,1H3. The Morgan fingerprint density at radius 3 is 2.85 bits per heavy atom. The minimum atomic E-state index is 0.738. The summed E-state index contributed by atoms with van der Waals surface area (Å²) in [6.45, 7) is 1.84. The van der Waals surface area contributed by atoms with E-state index < -0.39 is 0 Å². The van der Waals surface area contributed by atoms with Crippen molar-refractivity contribution in [2.45, 2.75) is 6.92 Å². The van der Waals surface area contributed by atoms with E-state index in [2.05, 4.69) is 31.0 Å². The fourth-order valence-electron chi connectivity index (χ4n) is 0.981. The molecule has 0 radical (unpaired) electrons. The third-order valence-electron chi connectivity index (χ3n) is 1.54. The smallest absolute Gasteiger partial charge is 0.156 e. The molecule has 0 aliphatic heterocycles. The minimum Gasteiger partial charge on any atom is -0.222 e. The molecule has 2 aromatic heterocycles. The van der Waals surface area contributed by atoms with E-state index in [9.17, 15) is 0 Å². The average Bonchev–Trinajstić information content (AvgIpc) is 2.52. The first-order chi connectivity index (χ1) is 6.25. The predicted molar refractivity (Wildman–Crippen MR) is 51.6 cm³/mol. The molecule has 0 saturated carbocycles. The summed E-state index contributed by atoms with van der Waals surface area (Å²) in [7, 11) is 0. The molecule has 0 N–H and O–H groups in total. The van der Waals surface area contributed by atoms with Crippen molar-refractivity contribution >= 4 is 15.9 Å². The van der Waals surface area contributed by atoms with E-state index in [4.69, 9.17) is 0 Å². The number of halogens is 1. The topological polar surface area (TPSA) is 43.6 Å². The first-order valence-corrected chi connectivity index (χ1v) is 4.56. The molecule has 66 valence electrons. The second kappa shape index (κ2) is 3.26. The van der Waals surface area contributed by atoms with Gasteiger partial charge >= 0.3 is 0 Å². The van der Waals surface area contributed by atoms with Crippen molar-refractivity contribution in [3.05, 3.63) is 35.0 Å². The first kappa shape index (κ1) is 8.37. The zero-order valence-electron chi connectivity index (χ0n) is 6.98. The van der Waals surface area contributed by atoms with E-state index in [1.807, 2.05) is 25.1 Å². The highest BCUT2D eigenvalue weighted by Crippen LogP contribution is 2.08. The van der Waals surface area contributed by atoms with Gasteiger partial charge in [0.15, 0.2) is 5.82 Å². The Bertz CT molecular complexity index is 424. The zero-order chi connectivity index (χ0) is 9.26. The summed E-state index contributed by atoms with van der Waals surface area (Å²) < 4.78 is 2.43. The van der Waals surface area contributed by atoms with Crippen LogP contribution in [0.3, 0.4) is 0 Å². The van der Waals surface area contributed by atoms with Gasteiger partial charge in [-0.1, -0.05) is 6.07 Å². The van der Waals surface area contributed by atoms with Crippen LogP contribution in [-0.4, -0.2) is 19.7 Å². The summed E-state index contributed by atoms with van der Waals surface area (Å²) in [5, 5.41) is 4.14.